The highest BCUT2D eigenvalue weighted by Crippen LogP contribution is 2.46. The molecule has 3 fully saturated rings. The van der Waals surface area contributed by atoms with E-state index in [9.17, 15) is 9.59 Å². The second-order valence-electron chi connectivity index (χ2n) is 8.44. The van der Waals surface area contributed by atoms with Crippen molar-refractivity contribution in [1.29, 1.82) is 0 Å². The lowest BCUT2D eigenvalue weighted by atomic mass is 9.65. The number of fused-ring (bicyclic) bond motifs is 1. The van der Waals surface area contributed by atoms with Crippen molar-refractivity contribution in [1.82, 2.24) is 9.80 Å². The summed E-state index contributed by atoms with van der Waals surface area (Å²) in [6.07, 6.45) is 7.79. The highest BCUT2D eigenvalue weighted by molar-refractivity contribution is 5.84. The molecule has 0 spiro atoms. The first-order chi connectivity index (χ1) is 13.1. The molecule has 154 valence electrons. The highest BCUT2D eigenvalue weighted by atomic mass is 16.5. The van der Waals surface area contributed by atoms with Gasteiger partial charge in [0, 0.05) is 38.2 Å². The fraction of sp³-hybridized carbons (Fsp3) is 0.905. The van der Waals surface area contributed by atoms with Crippen LogP contribution in [0.4, 0.5) is 0 Å². The van der Waals surface area contributed by atoms with Gasteiger partial charge in [0.25, 0.3) is 0 Å². The summed E-state index contributed by atoms with van der Waals surface area (Å²) in [6.45, 7) is 6.19. The fourth-order valence-corrected chi connectivity index (χ4v) is 5.10. The molecule has 6 nitrogen and oxygen atoms in total. The summed E-state index contributed by atoms with van der Waals surface area (Å²) in [7, 11) is 1.65. The molecule has 0 N–H and O–H groups in total. The molecular formula is C21H36N2O4. The van der Waals surface area contributed by atoms with E-state index in [1.807, 2.05) is 0 Å². The highest BCUT2D eigenvalue weighted by Gasteiger charge is 2.47. The van der Waals surface area contributed by atoms with E-state index in [-0.39, 0.29) is 11.3 Å². The van der Waals surface area contributed by atoms with Gasteiger partial charge in [-0.25, -0.2) is 0 Å². The topological polar surface area (TPSA) is 59.1 Å². The number of amides is 2. The molecule has 27 heavy (non-hydrogen) atoms. The second kappa shape index (κ2) is 9.37. The molecule has 1 saturated carbocycles. The molecule has 0 aromatic heterocycles. The van der Waals surface area contributed by atoms with Gasteiger partial charge in [0.05, 0.1) is 26.2 Å². The van der Waals surface area contributed by atoms with E-state index in [0.717, 1.165) is 58.2 Å². The molecule has 0 radical (unpaired) electrons. The van der Waals surface area contributed by atoms with Crippen LogP contribution in [0.3, 0.4) is 0 Å². The average Bonchev–Trinajstić information content (AvgIpc) is 2.66. The van der Waals surface area contributed by atoms with Gasteiger partial charge in [-0.3, -0.25) is 9.59 Å². The van der Waals surface area contributed by atoms with Crippen molar-refractivity contribution in [2.45, 2.75) is 64.3 Å². The standard InChI is InChI=1S/C21H36N2O4/c1-3-21(9-5-10-21)20(25)22-12-7-18-17(16-22)6-4-11-23(18)19(24)8-13-27-15-14-26-2/h17-18H,3-16H2,1-2H3. The van der Waals surface area contributed by atoms with Gasteiger partial charge < -0.3 is 19.3 Å². The lowest BCUT2D eigenvalue weighted by Crippen LogP contribution is -2.59. The predicted octanol–water partition coefficient (Wildman–Crippen LogP) is 2.46. The maximum absolute atomic E-state index is 13.1. The lowest BCUT2D eigenvalue weighted by molar-refractivity contribution is -0.153. The SMILES string of the molecule is CCC1(C(=O)N2CCC3C(CCCN3C(=O)CCOCCOC)C2)CCC1. The second-order valence-corrected chi connectivity index (χ2v) is 8.44. The maximum Gasteiger partial charge on any atom is 0.228 e. The van der Waals surface area contributed by atoms with Crippen LogP contribution in [0.25, 0.3) is 0 Å². The Hall–Kier alpha value is -1.14. The molecular weight excluding hydrogens is 344 g/mol. The van der Waals surface area contributed by atoms with Crippen LogP contribution in [-0.2, 0) is 19.1 Å². The van der Waals surface area contributed by atoms with Crippen molar-refractivity contribution in [3.05, 3.63) is 0 Å². The average molecular weight is 381 g/mol. The molecule has 2 heterocycles. The van der Waals surface area contributed by atoms with Crippen molar-refractivity contribution < 1.29 is 19.1 Å². The lowest BCUT2D eigenvalue weighted by Gasteiger charge is -2.50. The molecule has 0 aromatic rings. The van der Waals surface area contributed by atoms with E-state index in [2.05, 4.69) is 16.7 Å². The van der Waals surface area contributed by atoms with E-state index in [0.29, 0.717) is 44.1 Å². The largest absolute Gasteiger partial charge is 0.382 e. The molecule has 0 aromatic carbocycles. The normalized spacial score (nSPS) is 27.0. The van der Waals surface area contributed by atoms with Gasteiger partial charge >= 0.3 is 0 Å². The van der Waals surface area contributed by atoms with Gasteiger partial charge in [0.2, 0.25) is 11.8 Å². The maximum atomic E-state index is 13.1. The summed E-state index contributed by atoms with van der Waals surface area (Å²) < 4.78 is 10.4. The van der Waals surface area contributed by atoms with Crippen LogP contribution in [0, 0.1) is 11.3 Å². The molecule has 2 unspecified atom stereocenters. The number of nitrogens with zero attached hydrogens (tertiary/aromatic N) is 2. The van der Waals surface area contributed by atoms with Gasteiger partial charge in [0.15, 0.2) is 0 Å². The monoisotopic (exact) mass is 380 g/mol. The quantitative estimate of drug-likeness (QED) is 0.607. The number of hydrogen-bond donors (Lipinski definition) is 0. The van der Waals surface area contributed by atoms with Crippen LogP contribution in [0.2, 0.25) is 0 Å². The summed E-state index contributed by atoms with van der Waals surface area (Å²) in [4.78, 5) is 30.0. The van der Waals surface area contributed by atoms with Crippen LogP contribution in [0.1, 0.15) is 58.3 Å². The first kappa shape index (κ1) is 20.6. The summed E-state index contributed by atoms with van der Waals surface area (Å²) >= 11 is 0. The number of rotatable bonds is 8. The van der Waals surface area contributed by atoms with Crippen molar-refractivity contribution in [3.8, 4) is 0 Å². The number of carbonyl (C=O) groups is 2. The number of ether oxygens (including phenoxy) is 2. The van der Waals surface area contributed by atoms with E-state index in [4.69, 9.17) is 9.47 Å². The number of hydrogen-bond acceptors (Lipinski definition) is 4. The van der Waals surface area contributed by atoms with Crippen molar-refractivity contribution >= 4 is 11.8 Å². The number of carbonyl (C=O) groups excluding carboxylic acids is 2. The van der Waals surface area contributed by atoms with Gasteiger partial charge in [0.1, 0.15) is 0 Å². The van der Waals surface area contributed by atoms with Gasteiger partial charge in [-0.15, -0.1) is 0 Å². The van der Waals surface area contributed by atoms with Crippen molar-refractivity contribution in [2.75, 3.05) is 46.6 Å². The summed E-state index contributed by atoms with van der Waals surface area (Å²) in [5, 5.41) is 0. The number of piperidine rings is 2. The molecule has 3 aliphatic rings. The zero-order chi connectivity index (χ0) is 19.3. The van der Waals surface area contributed by atoms with Crippen molar-refractivity contribution in [3.63, 3.8) is 0 Å². The molecule has 2 atom stereocenters. The third-order valence-corrected chi connectivity index (χ3v) is 7.01. The Bertz CT molecular complexity index is 515. The van der Waals surface area contributed by atoms with E-state index in [1.165, 1.54) is 6.42 Å². The first-order valence-corrected chi connectivity index (χ1v) is 10.8. The van der Waals surface area contributed by atoms with E-state index >= 15 is 0 Å². The molecule has 2 saturated heterocycles. The van der Waals surface area contributed by atoms with Gasteiger partial charge in [-0.1, -0.05) is 13.3 Å². The Morgan fingerprint density at radius 3 is 2.56 bits per heavy atom. The molecule has 6 heteroatoms. The number of likely N-dealkylation sites (tertiary alicyclic amines) is 2. The first-order valence-electron chi connectivity index (χ1n) is 10.8. The van der Waals surface area contributed by atoms with Crippen LogP contribution in [0.5, 0.6) is 0 Å². The predicted molar refractivity (Wildman–Crippen MR) is 103 cm³/mol. The van der Waals surface area contributed by atoms with Crippen LogP contribution in [-0.4, -0.2) is 74.2 Å². The third-order valence-electron chi connectivity index (χ3n) is 7.01. The molecule has 2 amide bonds. The summed E-state index contributed by atoms with van der Waals surface area (Å²) in [5.74, 6) is 1.01. The minimum Gasteiger partial charge on any atom is -0.382 e. The minimum atomic E-state index is -0.0729. The molecule has 2 aliphatic heterocycles. The third kappa shape index (κ3) is 4.48. The zero-order valence-electron chi connectivity index (χ0n) is 17.1. The summed E-state index contributed by atoms with van der Waals surface area (Å²) in [5.41, 5.74) is -0.0729. The molecule has 3 rings (SSSR count). The minimum absolute atomic E-state index is 0.0729. The fourth-order valence-electron chi connectivity index (χ4n) is 5.10. The van der Waals surface area contributed by atoms with Gasteiger partial charge in [-0.2, -0.15) is 0 Å². The van der Waals surface area contributed by atoms with E-state index < -0.39 is 0 Å². The smallest absolute Gasteiger partial charge is 0.228 e. The Labute approximate surface area is 163 Å². The molecule has 1 aliphatic carbocycles. The molecule has 0 bridgehead atoms. The Morgan fingerprint density at radius 2 is 1.89 bits per heavy atom. The number of methoxy groups -OCH3 is 1. The van der Waals surface area contributed by atoms with Crippen LogP contribution >= 0.6 is 0 Å². The zero-order valence-corrected chi connectivity index (χ0v) is 17.1. The Morgan fingerprint density at radius 1 is 1.07 bits per heavy atom. The van der Waals surface area contributed by atoms with Crippen LogP contribution < -0.4 is 0 Å². The Balaban J connectivity index is 1.51. The van der Waals surface area contributed by atoms with Gasteiger partial charge in [-0.05, 0) is 44.4 Å². The van der Waals surface area contributed by atoms with E-state index in [1.54, 1.807) is 7.11 Å². The van der Waals surface area contributed by atoms with Crippen molar-refractivity contribution in [2.24, 2.45) is 11.3 Å². The van der Waals surface area contributed by atoms with Crippen LogP contribution in [0.15, 0.2) is 0 Å². The Kier molecular flexibility index (Phi) is 7.15. The summed E-state index contributed by atoms with van der Waals surface area (Å²) in [6, 6.07) is 0.299.